The van der Waals surface area contributed by atoms with Crippen molar-refractivity contribution in [3.63, 3.8) is 0 Å². The Balaban J connectivity index is 0.775. The van der Waals surface area contributed by atoms with Crippen LogP contribution in [-0.4, -0.2) is 9.13 Å². The van der Waals surface area contributed by atoms with Crippen molar-refractivity contribution < 1.29 is 0 Å². The van der Waals surface area contributed by atoms with Crippen LogP contribution in [0.3, 0.4) is 0 Å². The van der Waals surface area contributed by atoms with Crippen molar-refractivity contribution in [3.05, 3.63) is 175 Å². The van der Waals surface area contributed by atoms with E-state index in [1.165, 1.54) is 110 Å². The minimum absolute atomic E-state index is 0.0863. The third-order valence-electron chi connectivity index (χ3n) is 14.7. The van der Waals surface area contributed by atoms with E-state index in [4.69, 9.17) is 0 Å². The zero-order valence-electron chi connectivity index (χ0n) is 38.1. The van der Waals surface area contributed by atoms with E-state index in [-0.39, 0.29) is 16.3 Å². The van der Waals surface area contributed by atoms with Crippen LogP contribution in [0.25, 0.3) is 54.7 Å². The van der Waals surface area contributed by atoms with Crippen molar-refractivity contribution in [2.45, 2.75) is 122 Å². The molecule has 6 aromatic carbocycles. The quantitative estimate of drug-likeness (QED) is 0.0638. The number of hydrogen-bond donors (Lipinski definition) is 0. The van der Waals surface area contributed by atoms with Crippen molar-refractivity contribution in [1.29, 1.82) is 0 Å². The average Bonchev–Trinajstić information content (AvgIpc) is 3.56. The summed E-state index contributed by atoms with van der Waals surface area (Å²) in [4.78, 5) is 26.7. The molecule has 0 fully saturated rings. The van der Waals surface area contributed by atoms with Gasteiger partial charge in [0.05, 0.1) is 22.1 Å². The van der Waals surface area contributed by atoms with E-state index in [1.807, 2.05) is 48.5 Å². The summed E-state index contributed by atoms with van der Waals surface area (Å²) in [6.07, 6.45) is 19.3. The maximum Gasteiger partial charge on any atom is 0.197 e. The number of fused-ring (bicyclic) bond motifs is 7. The number of nitrogens with zero attached hydrogens (tertiary/aromatic N) is 2. The molecule has 8 aromatic rings. The molecule has 63 heavy (non-hydrogen) atoms. The fourth-order valence-electron chi connectivity index (χ4n) is 11.2. The van der Waals surface area contributed by atoms with Crippen molar-refractivity contribution in [2.75, 3.05) is 0 Å². The monoisotopic (exact) mass is 832 g/mol. The minimum atomic E-state index is 0.0863. The van der Waals surface area contributed by atoms with Crippen LogP contribution >= 0.6 is 0 Å². The van der Waals surface area contributed by atoms with Crippen molar-refractivity contribution in [3.8, 4) is 11.1 Å². The Hall–Kier alpha value is -5.74. The van der Waals surface area contributed by atoms with Crippen LogP contribution in [0.5, 0.6) is 0 Å². The van der Waals surface area contributed by atoms with Crippen LogP contribution in [0.15, 0.2) is 131 Å². The first kappa shape index (κ1) is 42.6. The second-order valence-corrected chi connectivity index (χ2v) is 18.9. The zero-order chi connectivity index (χ0) is 43.5. The summed E-state index contributed by atoms with van der Waals surface area (Å²) in [6, 6.07) is 43.4. The lowest BCUT2D eigenvalue weighted by atomic mass is 9.70. The second-order valence-electron chi connectivity index (χ2n) is 18.9. The Morgan fingerprint density at radius 2 is 0.778 bits per heavy atom. The number of pyridine rings is 2. The molecule has 0 atom stereocenters. The van der Waals surface area contributed by atoms with Crippen LogP contribution in [-0.2, 0) is 32.4 Å². The Bertz CT molecular complexity index is 2870. The molecule has 322 valence electrons. The maximum absolute atomic E-state index is 13.4. The van der Waals surface area contributed by atoms with Crippen LogP contribution in [0, 0.1) is 13.8 Å². The zero-order valence-corrected chi connectivity index (χ0v) is 38.1. The molecule has 0 bridgehead atoms. The number of benzene rings is 6. The van der Waals surface area contributed by atoms with Crippen LogP contribution in [0.1, 0.15) is 123 Å². The molecule has 4 heteroatoms. The molecule has 2 aromatic heterocycles. The number of hydrogen-bond acceptors (Lipinski definition) is 2. The topological polar surface area (TPSA) is 44.0 Å². The Morgan fingerprint density at radius 3 is 1.22 bits per heavy atom. The van der Waals surface area contributed by atoms with Crippen molar-refractivity contribution in [1.82, 2.24) is 9.13 Å². The Kier molecular flexibility index (Phi) is 12.5. The van der Waals surface area contributed by atoms with Gasteiger partial charge in [-0.3, -0.25) is 9.59 Å². The predicted molar refractivity (Wildman–Crippen MR) is 268 cm³/mol. The molecule has 0 radical (unpaired) electrons. The fraction of sp³-hybridized carbons (Fsp3) is 0.356. The van der Waals surface area contributed by atoms with Gasteiger partial charge in [0.15, 0.2) is 10.9 Å². The smallest absolute Gasteiger partial charge is 0.197 e. The number of aryl methyl sites for hydroxylation is 6. The molecule has 0 N–H and O–H groups in total. The maximum atomic E-state index is 13.4. The number of aromatic nitrogens is 2. The molecular formula is C59H64N2O2. The van der Waals surface area contributed by atoms with E-state index in [0.29, 0.717) is 0 Å². The molecule has 4 nitrogen and oxygen atoms in total. The summed E-state index contributed by atoms with van der Waals surface area (Å²) in [5.41, 5.74) is 15.6. The highest BCUT2D eigenvalue weighted by atomic mass is 16.1. The molecule has 0 unspecified atom stereocenters. The van der Waals surface area contributed by atoms with Crippen molar-refractivity contribution in [2.24, 2.45) is 14.1 Å². The molecule has 0 aliphatic heterocycles. The minimum Gasteiger partial charge on any atom is -0.343 e. The van der Waals surface area contributed by atoms with Gasteiger partial charge >= 0.3 is 0 Å². The summed E-state index contributed by atoms with van der Waals surface area (Å²) in [6.45, 7) is 4.48. The number of unbranched alkanes of at least 4 members (excludes halogenated alkanes) is 10. The van der Waals surface area contributed by atoms with Gasteiger partial charge < -0.3 is 9.13 Å². The molecule has 2 heterocycles. The summed E-state index contributed by atoms with van der Waals surface area (Å²) in [7, 11) is 4.12. The summed E-state index contributed by atoms with van der Waals surface area (Å²) >= 11 is 0. The second kappa shape index (κ2) is 18.5. The van der Waals surface area contributed by atoms with E-state index in [1.54, 1.807) is 11.1 Å². The van der Waals surface area contributed by atoms with Gasteiger partial charge in [0.2, 0.25) is 0 Å². The summed E-state index contributed by atoms with van der Waals surface area (Å²) in [5.74, 6) is 0. The van der Waals surface area contributed by atoms with E-state index in [0.717, 1.165) is 69.3 Å². The first-order chi connectivity index (χ1) is 30.7. The fourth-order valence-corrected chi connectivity index (χ4v) is 11.2. The molecule has 0 saturated heterocycles. The molecule has 0 saturated carbocycles. The van der Waals surface area contributed by atoms with E-state index < -0.39 is 0 Å². The standard InChI is InChI=1S/C59H64N2O2/c1-41-27-31-51-47(37-41)48-38-42(2)28-32-52(48)59(51,35-19-11-7-5-9-13-21-43-29-33-55-49(39-43)57(62)45-23-15-17-25-53(45)60(55)3)36-20-12-8-6-10-14-22-44-30-34-56-50(40-44)58(63)46-24-16-18-26-54(46)61(56)4/h15-18,23-34,37-40H,5-14,19-22,35-36H2,1-4H3. The Morgan fingerprint density at radius 1 is 0.397 bits per heavy atom. The van der Waals surface area contributed by atoms with Gasteiger partial charge in [0.25, 0.3) is 0 Å². The highest BCUT2D eigenvalue weighted by molar-refractivity contribution is 5.94. The van der Waals surface area contributed by atoms with Gasteiger partial charge in [-0.05, 0) is 134 Å². The van der Waals surface area contributed by atoms with E-state index in [2.05, 4.69) is 110 Å². The molecule has 0 amide bonds. The van der Waals surface area contributed by atoms with Gasteiger partial charge in [-0.1, -0.05) is 148 Å². The third kappa shape index (κ3) is 8.42. The highest BCUT2D eigenvalue weighted by Gasteiger charge is 2.42. The van der Waals surface area contributed by atoms with Gasteiger partial charge in [-0.15, -0.1) is 0 Å². The molecule has 0 spiro atoms. The molecule has 1 aliphatic carbocycles. The highest BCUT2D eigenvalue weighted by Crippen LogP contribution is 2.54. The molecule has 1 aliphatic rings. The van der Waals surface area contributed by atoms with Gasteiger partial charge in [0, 0.05) is 41.1 Å². The predicted octanol–water partition coefficient (Wildman–Crippen LogP) is 14.5. The number of rotatable bonds is 18. The van der Waals surface area contributed by atoms with E-state index in [9.17, 15) is 9.59 Å². The third-order valence-corrected chi connectivity index (χ3v) is 14.7. The number of para-hydroxylation sites is 2. The van der Waals surface area contributed by atoms with E-state index >= 15 is 0 Å². The lowest BCUT2D eigenvalue weighted by molar-refractivity contribution is 0.397. The first-order valence-corrected chi connectivity index (χ1v) is 24.0. The Labute approximate surface area is 373 Å². The van der Waals surface area contributed by atoms with Crippen LogP contribution in [0.4, 0.5) is 0 Å². The van der Waals surface area contributed by atoms with Gasteiger partial charge in [-0.25, -0.2) is 0 Å². The molecular weight excluding hydrogens is 769 g/mol. The lowest BCUT2D eigenvalue weighted by Gasteiger charge is -2.33. The molecule has 9 rings (SSSR count). The largest absolute Gasteiger partial charge is 0.343 e. The first-order valence-electron chi connectivity index (χ1n) is 24.0. The van der Waals surface area contributed by atoms with Crippen LogP contribution < -0.4 is 10.9 Å². The van der Waals surface area contributed by atoms with Crippen LogP contribution in [0.2, 0.25) is 0 Å². The van der Waals surface area contributed by atoms with Crippen molar-refractivity contribution >= 4 is 43.6 Å². The summed E-state index contributed by atoms with van der Waals surface area (Å²) < 4.78 is 4.30. The van der Waals surface area contributed by atoms with Gasteiger partial charge in [-0.2, -0.15) is 0 Å². The SMILES string of the molecule is Cc1ccc2c(c1)-c1cc(C)ccc1C2(CCCCCCCCc1ccc2c(c1)c(=O)c1ccccc1n2C)CCCCCCCCc1ccc2c(c1)c(=O)c1ccccc1n2C. The summed E-state index contributed by atoms with van der Waals surface area (Å²) in [5, 5.41) is 3.26. The average molecular weight is 833 g/mol. The lowest BCUT2D eigenvalue weighted by Crippen LogP contribution is -2.25. The normalized spacial score (nSPS) is 13.1. The van der Waals surface area contributed by atoms with Gasteiger partial charge in [0.1, 0.15) is 0 Å².